The highest BCUT2D eigenvalue weighted by Gasteiger charge is 2.25. The van der Waals surface area contributed by atoms with Crippen molar-refractivity contribution in [1.29, 1.82) is 0 Å². The zero-order chi connectivity index (χ0) is 13.7. The second kappa shape index (κ2) is 6.49. The molecule has 0 spiro atoms. The standard InChI is InChI=1S/C12H15BrN2O3/c1-9(2)14(8-7-13)12(16)10-5-3-4-6-11(10)15(17)18/h3-6,9H,7-8H2,1-2H3. The van der Waals surface area contributed by atoms with Crippen molar-refractivity contribution in [3.05, 3.63) is 39.9 Å². The number of amides is 1. The van der Waals surface area contributed by atoms with E-state index in [1.165, 1.54) is 12.1 Å². The van der Waals surface area contributed by atoms with Crippen LogP contribution in [0.5, 0.6) is 0 Å². The molecule has 6 heteroatoms. The van der Waals surface area contributed by atoms with E-state index in [0.717, 1.165) is 0 Å². The van der Waals surface area contributed by atoms with Crippen LogP contribution in [0.25, 0.3) is 0 Å². The number of carbonyl (C=O) groups is 1. The maximum Gasteiger partial charge on any atom is 0.282 e. The van der Waals surface area contributed by atoms with E-state index in [0.29, 0.717) is 11.9 Å². The summed E-state index contributed by atoms with van der Waals surface area (Å²) in [5.41, 5.74) is -0.0140. The summed E-state index contributed by atoms with van der Waals surface area (Å²) in [6.07, 6.45) is 0. The van der Waals surface area contributed by atoms with Gasteiger partial charge >= 0.3 is 0 Å². The van der Waals surface area contributed by atoms with Crippen LogP contribution in [0.15, 0.2) is 24.3 Å². The van der Waals surface area contributed by atoms with Crippen LogP contribution in [0.3, 0.4) is 0 Å². The molecule has 0 aliphatic heterocycles. The molecule has 1 rings (SSSR count). The number of nitrogens with zero attached hydrogens (tertiary/aromatic N) is 2. The molecule has 1 aromatic carbocycles. The Kier molecular flexibility index (Phi) is 5.27. The lowest BCUT2D eigenvalue weighted by Gasteiger charge is -2.25. The van der Waals surface area contributed by atoms with Gasteiger partial charge in [0.25, 0.3) is 11.6 Å². The molecule has 98 valence electrons. The molecule has 0 unspecified atom stereocenters. The summed E-state index contributed by atoms with van der Waals surface area (Å²) in [7, 11) is 0. The van der Waals surface area contributed by atoms with Crippen molar-refractivity contribution in [3.8, 4) is 0 Å². The van der Waals surface area contributed by atoms with E-state index in [9.17, 15) is 14.9 Å². The van der Waals surface area contributed by atoms with E-state index in [4.69, 9.17) is 0 Å². The molecule has 0 aliphatic rings. The van der Waals surface area contributed by atoms with Crippen molar-refractivity contribution in [2.24, 2.45) is 0 Å². The number of carbonyl (C=O) groups excluding carboxylic acids is 1. The maximum absolute atomic E-state index is 12.3. The van der Waals surface area contributed by atoms with Crippen LogP contribution in [0.4, 0.5) is 5.69 Å². The van der Waals surface area contributed by atoms with Crippen LogP contribution in [-0.4, -0.2) is 33.6 Å². The second-order valence-corrected chi connectivity index (χ2v) is 4.85. The summed E-state index contributed by atoms with van der Waals surface area (Å²) >= 11 is 3.28. The monoisotopic (exact) mass is 314 g/mol. The largest absolute Gasteiger partial charge is 0.335 e. The topological polar surface area (TPSA) is 63.5 Å². The lowest BCUT2D eigenvalue weighted by molar-refractivity contribution is -0.385. The Morgan fingerprint density at radius 3 is 2.56 bits per heavy atom. The highest BCUT2D eigenvalue weighted by Crippen LogP contribution is 2.20. The fraction of sp³-hybridized carbons (Fsp3) is 0.417. The minimum atomic E-state index is -0.528. The summed E-state index contributed by atoms with van der Waals surface area (Å²) in [6.45, 7) is 4.28. The van der Waals surface area contributed by atoms with Gasteiger partial charge in [-0.2, -0.15) is 0 Å². The Bertz CT molecular complexity index is 449. The molecule has 0 saturated heterocycles. The average molecular weight is 315 g/mol. The number of benzene rings is 1. The number of rotatable bonds is 5. The fourth-order valence-corrected chi connectivity index (χ4v) is 2.04. The highest BCUT2D eigenvalue weighted by molar-refractivity contribution is 9.09. The molecule has 0 bridgehead atoms. The van der Waals surface area contributed by atoms with Gasteiger partial charge in [-0.25, -0.2) is 0 Å². The van der Waals surface area contributed by atoms with Gasteiger partial charge in [-0.3, -0.25) is 14.9 Å². The molecule has 5 nitrogen and oxygen atoms in total. The van der Waals surface area contributed by atoms with E-state index in [2.05, 4.69) is 15.9 Å². The minimum Gasteiger partial charge on any atom is -0.335 e. The quantitative estimate of drug-likeness (QED) is 0.477. The first-order valence-corrected chi connectivity index (χ1v) is 6.71. The lowest BCUT2D eigenvalue weighted by atomic mass is 10.1. The lowest BCUT2D eigenvalue weighted by Crippen LogP contribution is -2.38. The molecule has 0 heterocycles. The first-order valence-electron chi connectivity index (χ1n) is 5.59. The number of hydrogen-bond donors (Lipinski definition) is 0. The van der Waals surface area contributed by atoms with Gasteiger partial charge in [0.05, 0.1) is 4.92 Å². The van der Waals surface area contributed by atoms with Gasteiger partial charge in [-0.1, -0.05) is 28.1 Å². The van der Waals surface area contributed by atoms with E-state index >= 15 is 0 Å². The highest BCUT2D eigenvalue weighted by atomic mass is 79.9. The Morgan fingerprint density at radius 2 is 2.06 bits per heavy atom. The molecule has 0 N–H and O–H groups in total. The second-order valence-electron chi connectivity index (χ2n) is 4.06. The normalized spacial score (nSPS) is 10.4. The summed E-state index contributed by atoms with van der Waals surface area (Å²) < 4.78 is 0. The number of nitro groups is 1. The fourth-order valence-electron chi connectivity index (χ4n) is 1.65. The van der Waals surface area contributed by atoms with Crippen molar-refractivity contribution in [2.45, 2.75) is 19.9 Å². The zero-order valence-electron chi connectivity index (χ0n) is 10.3. The van der Waals surface area contributed by atoms with Crippen molar-refractivity contribution >= 4 is 27.5 Å². The van der Waals surface area contributed by atoms with Gasteiger partial charge in [0.15, 0.2) is 0 Å². The molecule has 18 heavy (non-hydrogen) atoms. The maximum atomic E-state index is 12.3. The van der Waals surface area contributed by atoms with Crippen LogP contribution in [-0.2, 0) is 0 Å². The molecule has 0 radical (unpaired) electrons. The third kappa shape index (κ3) is 3.29. The number of hydrogen-bond acceptors (Lipinski definition) is 3. The third-order valence-electron chi connectivity index (χ3n) is 2.54. The molecule has 0 saturated carbocycles. The van der Waals surface area contributed by atoms with E-state index in [-0.39, 0.29) is 23.2 Å². The van der Waals surface area contributed by atoms with Gasteiger partial charge in [0.2, 0.25) is 0 Å². The summed E-state index contributed by atoms with van der Waals surface area (Å²) in [4.78, 5) is 24.3. The first-order chi connectivity index (χ1) is 8.49. The predicted octanol–water partition coefficient (Wildman–Crippen LogP) is 2.84. The Hall–Kier alpha value is -1.43. The van der Waals surface area contributed by atoms with Gasteiger partial charge in [-0.05, 0) is 19.9 Å². The predicted molar refractivity (Wildman–Crippen MR) is 73.1 cm³/mol. The summed E-state index contributed by atoms with van der Waals surface area (Å²) in [6, 6.07) is 6.02. The van der Waals surface area contributed by atoms with Crippen molar-refractivity contribution < 1.29 is 9.72 Å². The van der Waals surface area contributed by atoms with Crippen molar-refractivity contribution in [2.75, 3.05) is 11.9 Å². The van der Waals surface area contributed by atoms with Gasteiger partial charge < -0.3 is 4.90 Å². The molecular formula is C12H15BrN2O3. The SMILES string of the molecule is CC(C)N(CCBr)C(=O)c1ccccc1[N+](=O)[O-]. The van der Waals surface area contributed by atoms with Crippen LogP contribution < -0.4 is 0 Å². The Morgan fingerprint density at radius 1 is 1.44 bits per heavy atom. The number of nitro benzene ring substituents is 1. The summed E-state index contributed by atoms with van der Waals surface area (Å²) in [5.74, 6) is -0.309. The van der Waals surface area contributed by atoms with Crippen LogP contribution in [0.2, 0.25) is 0 Å². The van der Waals surface area contributed by atoms with Crippen LogP contribution >= 0.6 is 15.9 Å². The molecule has 1 aromatic rings. The molecule has 0 fully saturated rings. The number of para-hydroxylation sites is 1. The molecule has 0 aliphatic carbocycles. The smallest absolute Gasteiger partial charge is 0.282 e. The van der Waals surface area contributed by atoms with E-state index in [1.54, 1.807) is 17.0 Å². The van der Waals surface area contributed by atoms with Crippen LogP contribution in [0, 0.1) is 10.1 Å². The minimum absolute atomic E-state index is 0.00476. The Balaban J connectivity index is 3.12. The Labute approximate surface area is 114 Å². The van der Waals surface area contributed by atoms with E-state index < -0.39 is 4.92 Å². The number of alkyl halides is 1. The molecule has 0 aromatic heterocycles. The molecule has 1 amide bonds. The van der Waals surface area contributed by atoms with Gasteiger partial charge in [0, 0.05) is 24.0 Å². The first kappa shape index (κ1) is 14.6. The van der Waals surface area contributed by atoms with Crippen molar-refractivity contribution in [3.63, 3.8) is 0 Å². The van der Waals surface area contributed by atoms with Crippen LogP contribution in [0.1, 0.15) is 24.2 Å². The molecule has 0 atom stereocenters. The van der Waals surface area contributed by atoms with Gasteiger partial charge in [0.1, 0.15) is 5.56 Å². The van der Waals surface area contributed by atoms with Gasteiger partial charge in [-0.15, -0.1) is 0 Å². The zero-order valence-corrected chi connectivity index (χ0v) is 11.9. The van der Waals surface area contributed by atoms with E-state index in [1.807, 2.05) is 13.8 Å². The average Bonchev–Trinajstić information content (AvgIpc) is 2.34. The number of halogens is 1. The molecular weight excluding hydrogens is 300 g/mol. The van der Waals surface area contributed by atoms with Crippen molar-refractivity contribution in [1.82, 2.24) is 4.90 Å². The summed E-state index contributed by atoms with van der Waals surface area (Å²) in [5, 5.41) is 11.5. The third-order valence-corrected chi connectivity index (χ3v) is 2.90.